The standard InChI is InChI=1S/C14H24O6/c1-18-12(16)14(13(17)19-2,7-9-20-10-8-15)11-5-3-4-6-11/h11,15H,3-10H2,1-2H3. The molecule has 0 radical (unpaired) electrons. The molecule has 6 heteroatoms. The van der Waals surface area contributed by atoms with Crippen LogP contribution in [0.15, 0.2) is 0 Å². The van der Waals surface area contributed by atoms with Crippen LogP contribution in [0.5, 0.6) is 0 Å². The van der Waals surface area contributed by atoms with Crippen LogP contribution < -0.4 is 0 Å². The molecule has 0 aromatic rings. The summed E-state index contributed by atoms with van der Waals surface area (Å²) >= 11 is 0. The zero-order valence-corrected chi connectivity index (χ0v) is 12.2. The second-order valence-corrected chi connectivity index (χ2v) is 5.02. The maximum Gasteiger partial charge on any atom is 0.323 e. The highest BCUT2D eigenvalue weighted by atomic mass is 16.5. The second kappa shape index (κ2) is 8.21. The average molecular weight is 288 g/mol. The molecule has 0 atom stereocenters. The number of esters is 2. The van der Waals surface area contributed by atoms with Gasteiger partial charge in [-0.05, 0) is 25.2 Å². The van der Waals surface area contributed by atoms with Crippen LogP contribution in [0, 0.1) is 11.3 Å². The van der Waals surface area contributed by atoms with E-state index < -0.39 is 17.4 Å². The SMILES string of the molecule is COC(=O)C(CCOCCO)(C(=O)OC)C1CCCC1. The molecule has 0 unspecified atom stereocenters. The monoisotopic (exact) mass is 288 g/mol. The van der Waals surface area contributed by atoms with Crippen molar-refractivity contribution >= 4 is 11.9 Å². The van der Waals surface area contributed by atoms with Crippen LogP contribution in [-0.2, 0) is 23.8 Å². The molecule has 20 heavy (non-hydrogen) atoms. The molecule has 1 rings (SSSR count). The lowest BCUT2D eigenvalue weighted by Crippen LogP contribution is -2.47. The quantitative estimate of drug-likeness (QED) is 0.406. The average Bonchev–Trinajstić information content (AvgIpc) is 3.00. The predicted molar refractivity (Wildman–Crippen MR) is 70.9 cm³/mol. The summed E-state index contributed by atoms with van der Waals surface area (Å²) in [5, 5.41) is 8.71. The maximum absolute atomic E-state index is 12.3. The molecular formula is C14H24O6. The van der Waals surface area contributed by atoms with Gasteiger partial charge >= 0.3 is 11.9 Å². The minimum absolute atomic E-state index is 0.0693. The first kappa shape index (κ1) is 16.9. The zero-order valence-electron chi connectivity index (χ0n) is 12.2. The minimum atomic E-state index is -1.28. The van der Waals surface area contributed by atoms with Gasteiger partial charge in [0.25, 0.3) is 0 Å². The molecule has 116 valence electrons. The molecule has 1 aliphatic carbocycles. The van der Waals surface area contributed by atoms with E-state index in [-0.39, 0.29) is 32.2 Å². The Hall–Kier alpha value is -1.14. The van der Waals surface area contributed by atoms with Gasteiger partial charge < -0.3 is 19.3 Å². The van der Waals surface area contributed by atoms with E-state index in [1.165, 1.54) is 14.2 Å². The lowest BCUT2D eigenvalue weighted by atomic mass is 9.72. The fourth-order valence-corrected chi connectivity index (χ4v) is 3.01. The van der Waals surface area contributed by atoms with Crippen molar-refractivity contribution in [2.24, 2.45) is 11.3 Å². The Labute approximate surface area is 119 Å². The largest absolute Gasteiger partial charge is 0.468 e. The lowest BCUT2D eigenvalue weighted by molar-refractivity contribution is -0.176. The highest BCUT2D eigenvalue weighted by Gasteiger charge is 2.54. The van der Waals surface area contributed by atoms with Gasteiger partial charge in [0, 0.05) is 6.61 Å². The molecule has 0 aromatic heterocycles. The molecule has 0 aromatic carbocycles. The summed E-state index contributed by atoms with van der Waals surface area (Å²) in [6, 6.07) is 0. The van der Waals surface area contributed by atoms with Crippen molar-refractivity contribution in [3.8, 4) is 0 Å². The third kappa shape index (κ3) is 3.49. The Kier molecular flexibility index (Phi) is 6.95. The number of methoxy groups -OCH3 is 2. The van der Waals surface area contributed by atoms with Gasteiger partial charge in [-0.3, -0.25) is 9.59 Å². The molecule has 0 amide bonds. The van der Waals surface area contributed by atoms with Crippen molar-refractivity contribution in [2.75, 3.05) is 34.0 Å². The number of carbonyl (C=O) groups is 2. The van der Waals surface area contributed by atoms with Gasteiger partial charge in [-0.1, -0.05) is 12.8 Å². The molecule has 1 saturated carbocycles. The van der Waals surface area contributed by atoms with Crippen LogP contribution in [0.1, 0.15) is 32.1 Å². The Morgan fingerprint density at radius 3 is 2.10 bits per heavy atom. The Morgan fingerprint density at radius 2 is 1.65 bits per heavy atom. The zero-order chi connectivity index (χ0) is 15.0. The smallest absolute Gasteiger partial charge is 0.323 e. The van der Waals surface area contributed by atoms with Crippen molar-refractivity contribution in [1.29, 1.82) is 0 Å². The van der Waals surface area contributed by atoms with E-state index in [1.54, 1.807) is 0 Å². The van der Waals surface area contributed by atoms with E-state index in [1.807, 2.05) is 0 Å². The highest BCUT2D eigenvalue weighted by molar-refractivity contribution is 6.00. The van der Waals surface area contributed by atoms with E-state index in [2.05, 4.69) is 0 Å². The molecule has 1 N–H and O–H groups in total. The van der Waals surface area contributed by atoms with Gasteiger partial charge in [-0.2, -0.15) is 0 Å². The highest BCUT2D eigenvalue weighted by Crippen LogP contribution is 2.44. The molecular weight excluding hydrogens is 264 g/mol. The molecule has 1 fully saturated rings. The molecule has 6 nitrogen and oxygen atoms in total. The Balaban J connectivity index is 2.92. The summed E-state index contributed by atoms with van der Waals surface area (Å²) < 4.78 is 14.9. The van der Waals surface area contributed by atoms with Crippen molar-refractivity contribution in [1.82, 2.24) is 0 Å². The molecule has 0 aliphatic heterocycles. The first-order chi connectivity index (χ1) is 9.63. The van der Waals surface area contributed by atoms with Crippen molar-refractivity contribution in [3.63, 3.8) is 0 Å². The third-order valence-corrected chi connectivity index (χ3v) is 4.03. The topological polar surface area (TPSA) is 82.1 Å². The summed E-state index contributed by atoms with van der Waals surface area (Å²) in [7, 11) is 2.56. The van der Waals surface area contributed by atoms with Crippen LogP contribution in [0.3, 0.4) is 0 Å². The fraction of sp³-hybridized carbons (Fsp3) is 0.857. The number of ether oxygens (including phenoxy) is 3. The van der Waals surface area contributed by atoms with Gasteiger partial charge in [-0.25, -0.2) is 0 Å². The normalized spacial score (nSPS) is 16.1. The van der Waals surface area contributed by atoms with Crippen LogP contribution >= 0.6 is 0 Å². The number of rotatable bonds is 8. The molecule has 0 saturated heterocycles. The van der Waals surface area contributed by atoms with Crippen LogP contribution in [0.25, 0.3) is 0 Å². The van der Waals surface area contributed by atoms with Crippen molar-refractivity contribution in [3.05, 3.63) is 0 Å². The fourth-order valence-electron chi connectivity index (χ4n) is 3.01. The van der Waals surface area contributed by atoms with Crippen LogP contribution in [0.4, 0.5) is 0 Å². The predicted octanol–water partition coefficient (Wildman–Crippen LogP) is 0.908. The summed E-state index contributed by atoms with van der Waals surface area (Å²) in [5.41, 5.74) is -1.28. The van der Waals surface area contributed by atoms with Gasteiger partial charge in [0.2, 0.25) is 0 Å². The third-order valence-electron chi connectivity index (χ3n) is 4.03. The number of hydrogen-bond acceptors (Lipinski definition) is 6. The van der Waals surface area contributed by atoms with E-state index in [0.29, 0.717) is 0 Å². The minimum Gasteiger partial charge on any atom is -0.468 e. The number of hydrogen-bond donors (Lipinski definition) is 1. The molecule has 0 bridgehead atoms. The van der Waals surface area contributed by atoms with Crippen molar-refractivity contribution < 1.29 is 28.9 Å². The molecule has 0 heterocycles. The van der Waals surface area contributed by atoms with Crippen LogP contribution in [0.2, 0.25) is 0 Å². The Morgan fingerprint density at radius 1 is 1.10 bits per heavy atom. The first-order valence-electron chi connectivity index (χ1n) is 6.99. The Bertz CT molecular complexity index is 306. The number of aliphatic hydroxyl groups is 1. The van der Waals surface area contributed by atoms with Gasteiger partial charge in [0.1, 0.15) is 0 Å². The van der Waals surface area contributed by atoms with E-state index in [9.17, 15) is 9.59 Å². The molecule has 1 aliphatic rings. The van der Waals surface area contributed by atoms with Crippen LogP contribution in [-0.4, -0.2) is 51.1 Å². The summed E-state index contributed by atoms with van der Waals surface area (Å²) in [5.74, 6) is -1.17. The molecule has 0 spiro atoms. The van der Waals surface area contributed by atoms with Crippen molar-refractivity contribution in [2.45, 2.75) is 32.1 Å². The summed E-state index contributed by atoms with van der Waals surface area (Å²) in [6.45, 7) is 0.303. The van der Waals surface area contributed by atoms with E-state index in [0.717, 1.165) is 25.7 Å². The van der Waals surface area contributed by atoms with E-state index in [4.69, 9.17) is 19.3 Å². The van der Waals surface area contributed by atoms with Gasteiger partial charge in [0.15, 0.2) is 5.41 Å². The lowest BCUT2D eigenvalue weighted by Gasteiger charge is -2.33. The first-order valence-corrected chi connectivity index (χ1v) is 6.99. The maximum atomic E-state index is 12.3. The number of carbonyl (C=O) groups excluding carboxylic acids is 2. The second-order valence-electron chi connectivity index (χ2n) is 5.02. The van der Waals surface area contributed by atoms with Gasteiger partial charge in [0.05, 0.1) is 27.4 Å². The van der Waals surface area contributed by atoms with Gasteiger partial charge in [-0.15, -0.1) is 0 Å². The summed E-state index contributed by atoms with van der Waals surface area (Å²) in [4.78, 5) is 24.5. The number of aliphatic hydroxyl groups excluding tert-OH is 1. The van der Waals surface area contributed by atoms with E-state index >= 15 is 0 Å². The summed E-state index contributed by atoms with van der Waals surface area (Å²) in [6.07, 6.45) is 3.83.